The standard InChI is InChI=1S/C10H7BrF3NO3S/c11-6-1-2-7(10(13)9(6)12)15-4-5(3-8(15)16)19(14,17)18/h1-2,5H,3-4H2. The van der Waals surface area contributed by atoms with Crippen LogP contribution >= 0.6 is 15.9 Å². The van der Waals surface area contributed by atoms with Gasteiger partial charge >= 0.3 is 10.2 Å². The van der Waals surface area contributed by atoms with Gasteiger partial charge in [-0.25, -0.2) is 8.78 Å². The molecule has 1 unspecified atom stereocenters. The lowest BCUT2D eigenvalue weighted by molar-refractivity contribution is -0.117. The van der Waals surface area contributed by atoms with Gasteiger partial charge in [-0.3, -0.25) is 4.79 Å². The number of nitrogens with zero attached hydrogens (tertiary/aromatic N) is 1. The number of hydrogen-bond acceptors (Lipinski definition) is 3. The summed E-state index contributed by atoms with van der Waals surface area (Å²) in [6, 6.07) is 2.30. The number of halogens is 4. The van der Waals surface area contributed by atoms with Gasteiger partial charge in [0.2, 0.25) is 5.91 Å². The van der Waals surface area contributed by atoms with Crippen LogP contribution in [0.5, 0.6) is 0 Å². The van der Waals surface area contributed by atoms with E-state index < -0.39 is 51.7 Å². The molecule has 0 radical (unpaired) electrons. The van der Waals surface area contributed by atoms with Gasteiger partial charge in [-0.15, -0.1) is 3.89 Å². The van der Waals surface area contributed by atoms with Crippen molar-refractivity contribution in [1.82, 2.24) is 0 Å². The van der Waals surface area contributed by atoms with Crippen LogP contribution in [-0.2, 0) is 15.0 Å². The van der Waals surface area contributed by atoms with Crippen LogP contribution in [0.2, 0.25) is 0 Å². The Labute approximate surface area is 115 Å². The average molecular weight is 358 g/mol. The third-order valence-electron chi connectivity index (χ3n) is 2.79. The van der Waals surface area contributed by atoms with Crippen molar-refractivity contribution in [3.8, 4) is 0 Å². The maximum absolute atomic E-state index is 13.7. The zero-order valence-corrected chi connectivity index (χ0v) is 11.6. The highest BCUT2D eigenvalue weighted by molar-refractivity contribution is 9.10. The Morgan fingerprint density at radius 2 is 1.89 bits per heavy atom. The first kappa shape index (κ1) is 14.3. The van der Waals surface area contributed by atoms with Crippen LogP contribution in [0.1, 0.15) is 6.42 Å². The van der Waals surface area contributed by atoms with Crippen LogP contribution in [0, 0.1) is 11.6 Å². The second kappa shape index (κ2) is 4.78. The Balaban J connectivity index is 2.39. The summed E-state index contributed by atoms with van der Waals surface area (Å²) in [5.74, 6) is -3.26. The van der Waals surface area contributed by atoms with Crippen LogP contribution < -0.4 is 4.90 Å². The second-order valence-electron chi connectivity index (χ2n) is 4.00. The van der Waals surface area contributed by atoms with E-state index in [0.29, 0.717) is 0 Å². The molecule has 1 saturated heterocycles. The largest absolute Gasteiger partial charge is 0.308 e. The number of anilines is 1. The molecule has 1 fully saturated rings. The fourth-order valence-electron chi connectivity index (χ4n) is 1.82. The van der Waals surface area contributed by atoms with Crippen LogP contribution in [-0.4, -0.2) is 26.1 Å². The van der Waals surface area contributed by atoms with E-state index in [4.69, 9.17) is 0 Å². The lowest BCUT2D eigenvalue weighted by Gasteiger charge is -2.17. The summed E-state index contributed by atoms with van der Waals surface area (Å²) in [4.78, 5) is 12.3. The molecule has 1 aromatic rings. The predicted molar refractivity (Wildman–Crippen MR) is 64.8 cm³/mol. The highest BCUT2D eigenvalue weighted by Crippen LogP contribution is 2.31. The molecule has 4 nitrogen and oxygen atoms in total. The molecule has 0 aromatic heterocycles. The van der Waals surface area contributed by atoms with E-state index in [1.54, 1.807) is 0 Å². The van der Waals surface area contributed by atoms with E-state index in [-0.39, 0.29) is 4.47 Å². The number of benzene rings is 1. The fraction of sp³-hybridized carbons (Fsp3) is 0.300. The van der Waals surface area contributed by atoms with Gasteiger partial charge in [0.1, 0.15) is 5.25 Å². The van der Waals surface area contributed by atoms with E-state index in [9.17, 15) is 25.9 Å². The summed E-state index contributed by atoms with van der Waals surface area (Å²) in [6.45, 7) is -0.532. The summed E-state index contributed by atoms with van der Waals surface area (Å²) in [5, 5.41) is -1.55. The first-order valence-corrected chi connectivity index (χ1v) is 7.33. The zero-order chi connectivity index (χ0) is 14.4. The monoisotopic (exact) mass is 357 g/mol. The topological polar surface area (TPSA) is 54.5 Å². The normalized spacial score (nSPS) is 20.1. The van der Waals surface area contributed by atoms with Crippen LogP contribution in [0.15, 0.2) is 16.6 Å². The molecule has 1 aliphatic heterocycles. The highest BCUT2D eigenvalue weighted by Gasteiger charge is 2.40. The quantitative estimate of drug-likeness (QED) is 0.601. The van der Waals surface area contributed by atoms with Gasteiger partial charge in [-0.2, -0.15) is 8.42 Å². The van der Waals surface area contributed by atoms with Gasteiger partial charge < -0.3 is 4.90 Å². The van der Waals surface area contributed by atoms with Gasteiger partial charge in [0, 0.05) is 13.0 Å². The minimum Gasteiger partial charge on any atom is -0.308 e. The second-order valence-corrected chi connectivity index (χ2v) is 6.47. The molecular weight excluding hydrogens is 351 g/mol. The van der Waals surface area contributed by atoms with Crippen LogP contribution in [0.4, 0.5) is 18.4 Å². The summed E-state index contributed by atoms with van der Waals surface area (Å²) < 4.78 is 61.2. The number of carbonyl (C=O) groups is 1. The highest BCUT2D eigenvalue weighted by atomic mass is 79.9. The van der Waals surface area contributed by atoms with Crippen LogP contribution in [0.3, 0.4) is 0 Å². The molecule has 1 atom stereocenters. The van der Waals surface area contributed by atoms with Crippen molar-refractivity contribution in [2.45, 2.75) is 11.7 Å². The average Bonchev–Trinajstić information content (AvgIpc) is 2.68. The molecule has 1 aliphatic rings. The van der Waals surface area contributed by atoms with E-state index in [1.807, 2.05) is 0 Å². The van der Waals surface area contributed by atoms with Crippen molar-refractivity contribution >= 4 is 37.7 Å². The van der Waals surface area contributed by atoms with Crippen LogP contribution in [0.25, 0.3) is 0 Å². The van der Waals surface area contributed by atoms with E-state index in [0.717, 1.165) is 11.0 Å². The molecule has 0 aliphatic carbocycles. The first-order chi connectivity index (χ1) is 8.71. The summed E-state index contributed by atoms with van der Waals surface area (Å²) >= 11 is 2.77. The number of amides is 1. The number of rotatable bonds is 2. The predicted octanol–water partition coefficient (Wildman–Crippen LogP) is 2.13. The Hall–Kier alpha value is -1.09. The molecule has 0 bridgehead atoms. The Bertz CT molecular complexity index is 650. The lowest BCUT2D eigenvalue weighted by atomic mass is 10.2. The third-order valence-corrected chi connectivity index (χ3v) is 4.52. The van der Waals surface area contributed by atoms with Gasteiger partial charge in [0.15, 0.2) is 11.6 Å². The van der Waals surface area contributed by atoms with Crippen molar-refractivity contribution in [2.24, 2.45) is 0 Å². The van der Waals surface area contributed by atoms with Gasteiger partial charge in [-0.1, -0.05) is 0 Å². The van der Waals surface area contributed by atoms with Crippen molar-refractivity contribution in [3.63, 3.8) is 0 Å². The fourth-order valence-corrected chi connectivity index (χ4v) is 2.80. The summed E-state index contributed by atoms with van der Waals surface area (Å²) in [6.07, 6.45) is -0.587. The van der Waals surface area contributed by atoms with E-state index >= 15 is 0 Å². The van der Waals surface area contributed by atoms with Gasteiger partial charge in [0.05, 0.1) is 10.2 Å². The molecule has 104 valence electrons. The SMILES string of the molecule is O=C1CC(S(=O)(=O)F)CN1c1ccc(Br)c(F)c1F. The molecule has 1 aromatic carbocycles. The molecule has 2 rings (SSSR count). The number of hydrogen-bond donors (Lipinski definition) is 0. The Kier molecular flexibility index (Phi) is 3.61. The van der Waals surface area contributed by atoms with Gasteiger partial charge in [0.25, 0.3) is 0 Å². The molecule has 0 saturated carbocycles. The maximum atomic E-state index is 13.7. The summed E-state index contributed by atoms with van der Waals surface area (Å²) in [7, 11) is -4.90. The minimum absolute atomic E-state index is 0.130. The molecule has 1 amide bonds. The van der Waals surface area contributed by atoms with Crippen molar-refractivity contribution in [1.29, 1.82) is 0 Å². The van der Waals surface area contributed by atoms with E-state index in [2.05, 4.69) is 15.9 Å². The van der Waals surface area contributed by atoms with Gasteiger partial charge in [-0.05, 0) is 28.1 Å². The zero-order valence-electron chi connectivity index (χ0n) is 9.24. The molecule has 0 N–H and O–H groups in total. The third kappa shape index (κ3) is 2.62. The molecule has 9 heteroatoms. The van der Waals surface area contributed by atoms with Crippen molar-refractivity contribution < 1.29 is 25.9 Å². The maximum Gasteiger partial charge on any atom is 0.307 e. The summed E-state index contributed by atoms with van der Waals surface area (Å²) in [5.41, 5.74) is -0.406. The lowest BCUT2D eigenvalue weighted by Crippen LogP contribution is -2.28. The molecule has 0 spiro atoms. The Morgan fingerprint density at radius 3 is 2.42 bits per heavy atom. The first-order valence-electron chi connectivity index (χ1n) is 5.09. The minimum atomic E-state index is -4.90. The number of carbonyl (C=O) groups excluding carboxylic acids is 1. The van der Waals surface area contributed by atoms with E-state index in [1.165, 1.54) is 6.07 Å². The van der Waals surface area contributed by atoms with Crippen molar-refractivity contribution in [3.05, 3.63) is 28.2 Å². The Morgan fingerprint density at radius 1 is 1.26 bits per heavy atom. The van der Waals surface area contributed by atoms with Crippen molar-refractivity contribution in [2.75, 3.05) is 11.4 Å². The molecule has 1 heterocycles. The smallest absolute Gasteiger partial charge is 0.307 e. The molecular formula is C10H7BrF3NO3S. The molecule has 19 heavy (non-hydrogen) atoms.